The first-order valence-corrected chi connectivity index (χ1v) is 4.17. The van der Waals surface area contributed by atoms with Crippen LogP contribution in [0.4, 0.5) is 0 Å². The van der Waals surface area contributed by atoms with Crippen molar-refractivity contribution in [3.05, 3.63) is 0 Å². The highest BCUT2D eigenvalue weighted by molar-refractivity contribution is 6.05. The first-order valence-electron chi connectivity index (χ1n) is 4.17. The molecule has 5 nitrogen and oxygen atoms in total. The number of aliphatic hydroxyl groups is 1. The van der Waals surface area contributed by atoms with E-state index in [9.17, 15) is 9.59 Å². The standard InChI is InChI=1S/C8H13NO4/c1-2-13-7(12)8(6(9)11)3-5(8)4-10/h5,10H,2-4H2,1H3,(H2,9,11)/t5-,8+/m0/s1. The van der Waals surface area contributed by atoms with Crippen LogP contribution in [0.25, 0.3) is 0 Å². The summed E-state index contributed by atoms with van der Waals surface area (Å²) in [7, 11) is 0. The van der Waals surface area contributed by atoms with Gasteiger partial charge >= 0.3 is 5.97 Å². The minimum Gasteiger partial charge on any atom is -0.465 e. The molecule has 3 N–H and O–H groups in total. The van der Waals surface area contributed by atoms with Gasteiger partial charge < -0.3 is 15.6 Å². The van der Waals surface area contributed by atoms with Crippen molar-refractivity contribution in [3.63, 3.8) is 0 Å². The lowest BCUT2D eigenvalue weighted by Crippen LogP contribution is -2.36. The summed E-state index contributed by atoms with van der Waals surface area (Å²) in [5.74, 6) is -1.67. The average molecular weight is 187 g/mol. The van der Waals surface area contributed by atoms with Gasteiger partial charge in [0.2, 0.25) is 5.91 Å². The van der Waals surface area contributed by atoms with Gasteiger partial charge in [-0.05, 0) is 13.3 Å². The van der Waals surface area contributed by atoms with Gasteiger partial charge in [-0.1, -0.05) is 0 Å². The summed E-state index contributed by atoms with van der Waals surface area (Å²) in [6.07, 6.45) is 0.303. The number of esters is 1. The quantitative estimate of drug-likeness (QED) is 0.438. The maximum Gasteiger partial charge on any atom is 0.322 e. The van der Waals surface area contributed by atoms with Crippen molar-refractivity contribution in [2.45, 2.75) is 13.3 Å². The Morgan fingerprint density at radius 2 is 2.31 bits per heavy atom. The minimum atomic E-state index is -1.25. The summed E-state index contributed by atoms with van der Waals surface area (Å²) >= 11 is 0. The Morgan fingerprint density at radius 3 is 2.62 bits per heavy atom. The molecule has 2 atom stereocenters. The van der Waals surface area contributed by atoms with Crippen LogP contribution in [0.5, 0.6) is 0 Å². The molecule has 0 aliphatic heterocycles. The van der Waals surface area contributed by atoms with Gasteiger partial charge in [0, 0.05) is 12.5 Å². The van der Waals surface area contributed by atoms with Crippen LogP contribution in [0.2, 0.25) is 0 Å². The maximum atomic E-state index is 11.3. The van der Waals surface area contributed by atoms with Crippen molar-refractivity contribution < 1.29 is 19.4 Å². The van der Waals surface area contributed by atoms with E-state index >= 15 is 0 Å². The number of primary amides is 1. The van der Waals surface area contributed by atoms with Gasteiger partial charge in [0.15, 0.2) is 5.41 Å². The Kier molecular flexibility index (Phi) is 2.56. The van der Waals surface area contributed by atoms with Gasteiger partial charge in [0.05, 0.1) is 6.61 Å². The fourth-order valence-corrected chi connectivity index (χ4v) is 1.46. The second kappa shape index (κ2) is 3.33. The van der Waals surface area contributed by atoms with Crippen molar-refractivity contribution >= 4 is 11.9 Å². The van der Waals surface area contributed by atoms with E-state index in [-0.39, 0.29) is 19.1 Å². The molecule has 0 aromatic carbocycles. The van der Waals surface area contributed by atoms with Crippen molar-refractivity contribution in [2.24, 2.45) is 17.1 Å². The monoisotopic (exact) mass is 187 g/mol. The Balaban J connectivity index is 2.72. The smallest absolute Gasteiger partial charge is 0.322 e. The molecule has 0 spiro atoms. The Labute approximate surface area is 75.9 Å². The maximum absolute atomic E-state index is 11.3. The molecule has 1 aliphatic carbocycles. The first kappa shape index (κ1) is 9.98. The van der Waals surface area contributed by atoms with Gasteiger partial charge in [-0.25, -0.2) is 0 Å². The largest absolute Gasteiger partial charge is 0.465 e. The molecule has 1 rings (SSSR count). The molecule has 13 heavy (non-hydrogen) atoms. The fraction of sp³-hybridized carbons (Fsp3) is 0.750. The zero-order chi connectivity index (χ0) is 10.1. The van der Waals surface area contributed by atoms with E-state index in [4.69, 9.17) is 15.6 Å². The van der Waals surface area contributed by atoms with Gasteiger partial charge in [-0.3, -0.25) is 9.59 Å². The zero-order valence-electron chi connectivity index (χ0n) is 7.45. The predicted molar refractivity (Wildman–Crippen MR) is 43.5 cm³/mol. The van der Waals surface area contributed by atoms with Gasteiger partial charge in [0.25, 0.3) is 0 Å². The lowest BCUT2D eigenvalue weighted by molar-refractivity contribution is -0.154. The molecule has 1 fully saturated rings. The van der Waals surface area contributed by atoms with E-state index < -0.39 is 17.3 Å². The van der Waals surface area contributed by atoms with Gasteiger partial charge in [-0.2, -0.15) is 0 Å². The number of nitrogens with two attached hydrogens (primary N) is 1. The van der Waals surface area contributed by atoms with Crippen molar-refractivity contribution in [2.75, 3.05) is 13.2 Å². The van der Waals surface area contributed by atoms with Gasteiger partial charge in [-0.15, -0.1) is 0 Å². The van der Waals surface area contributed by atoms with Crippen LogP contribution in [0.15, 0.2) is 0 Å². The molecule has 1 aliphatic rings. The molecule has 0 heterocycles. The summed E-state index contributed by atoms with van der Waals surface area (Å²) in [5.41, 5.74) is 3.83. The lowest BCUT2D eigenvalue weighted by atomic mass is 10.0. The third-order valence-corrected chi connectivity index (χ3v) is 2.40. The lowest BCUT2D eigenvalue weighted by Gasteiger charge is -2.10. The minimum absolute atomic E-state index is 0.207. The fourth-order valence-electron chi connectivity index (χ4n) is 1.46. The summed E-state index contributed by atoms with van der Waals surface area (Å²) in [5, 5.41) is 8.79. The van der Waals surface area contributed by atoms with Gasteiger partial charge in [0.1, 0.15) is 0 Å². The SMILES string of the molecule is CCOC(=O)[C@]1(C(N)=O)C[C@H]1CO. The molecule has 74 valence electrons. The highest BCUT2D eigenvalue weighted by Gasteiger charge is 2.65. The Hall–Kier alpha value is -1.10. The summed E-state index contributed by atoms with van der Waals surface area (Å²) in [6, 6.07) is 0. The van der Waals surface area contributed by atoms with E-state index in [1.807, 2.05) is 0 Å². The molecular weight excluding hydrogens is 174 g/mol. The number of carbonyl (C=O) groups is 2. The number of carbonyl (C=O) groups excluding carboxylic acids is 2. The number of rotatable bonds is 4. The third kappa shape index (κ3) is 1.39. The Bertz CT molecular complexity index is 240. The van der Waals surface area contributed by atoms with Crippen LogP contribution < -0.4 is 5.73 Å². The summed E-state index contributed by atoms with van der Waals surface area (Å²) in [4.78, 5) is 22.3. The zero-order valence-corrected chi connectivity index (χ0v) is 7.45. The molecule has 0 unspecified atom stereocenters. The summed E-state index contributed by atoms with van der Waals surface area (Å²) in [6.45, 7) is 1.66. The number of amides is 1. The van der Waals surface area contributed by atoms with E-state index in [1.165, 1.54) is 0 Å². The first-order chi connectivity index (χ1) is 6.09. The van der Waals surface area contributed by atoms with E-state index in [0.29, 0.717) is 6.42 Å². The van der Waals surface area contributed by atoms with E-state index in [2.05, 4.69) is 0 Å². The molecular formula is C8H13NO4. The molecule has 0 radical (unpaired) electrons. The highest BCUT2D eigenvalue weighted by atomic mass is 16.5. The molecule has 1 amide bonds. The molecule has 1 saturated carbocycles. The van der Waals surface area contributed by atoms with Crippen molar-refractivity contribution in [1.29, 1.82) is 0 Å². The summed E-state index contributed by atoms with van der Waals surface area (Å²) < 4.78 is 4.71. The second-order valence-electron chi connectivity index (χ2n) is 3.14. The van der Waals surface area contributed by atoms with E-state index in [1.54, 1.807) is 6.92 Å². The third-order valence-electron chi connectivity index (χ3n) is 2.40. The second-order valence-corrected chi connectivity index (χ2v) is 3.14. The molecule has 0 aromatic heterocycles. The van der Waals surface area contributed by atoms with Crippen LogP contribution >= 0.6 is 0 Å². The van der Waals surface area contributed by atoms with Crippen molar-refractivity contribution in [3.8, 4) is 0 Å². The number of hydrogen-bond acceptors (Lipinski definition) is 4. The topological polar surface area (TPSA) is 89.6 Å². The van der Waals surface area contributed by atoms with Crippen LogP contribution in [0.1, 0.15) is 13.3 Å². The van der Waals surface area contributed by atoms with Crippen LogP contribution in [-0.2, 0) is 14.3 Å². The van der Waals surface area contributed by atoms with Crippen molar-refractivity contribution in [1.82, 2.24) is 0 Å². The molecule has 0 saturated heterocycles. The van der Waals surface area contributed by atoms with Crippen LogP contribution in [0.3, 0.4) is 0 Å². The molecule has 0 bridgehead atoms. The molecule has 5 heteroatoms. The Morgan fingerprint density at radius 1 is 1.69 bits per heavy atom. The van der Waals surface area contributed by atoms with E-state index in [0.717, 1.165) is 0 Å². The molecule has 0 aromatic rings. The average Bonchev–Trinajstić information content (AvgIpc) is 2.79. The number of ether oxygens (including phenoxy) is 1. The predicted octanol–water partition coefficient (Wildman–Crippen LogP) is -0.967. The number of hydrogen-bond donors (Lipinski definition) is 2. The highest BCUT2D eigenvalue weighted by Crippen LogP contribution is 2.52. The van der Waals surface area contributed by atoms with Crippen LogP contribution in [0, 0.1) is 11.3 Å². The normalized spacial score (nSPS) is 31.1. The number of aliphatic hydroxyl groups excluding tert-OH is 1. The van der Waals surface area contributed by atoms with Crippen LogP contribution in [-0.4, -0.2) is 30.2 Å².